The fourth-order valence-corrected chi connectivity index (χ4v) is 5.48. The predicted molar refractivity (Wildman–Crippen MR) is 102 cm³/mol. The largest absolute Gasteiger partial charge is 0.469 e. The Morgan fingerprint density at radius 3 is 2.39 bits per heavy atom. The van der Waals surface area contributed by atoms with E-state index in [0.29, 0.717) is 0 Å². The third-order valence-electron chi connectivity index (χ3n) is 6.76. The van der Waals surface area contributed by atoms with Gasteiger partial charge in [0.1, 0.15) is 11.3 Å². The molecule has 0 N–H and O–H groups in total. The van der Waals surface area contributed by atoms with Crippen LogP contribution in [-0.2, 0) is 30.9 Å². The summed E-state index contributed by atoms with van der Waals surface area (Å²) in [6.07, 6.45) is 4.20. The van der Waals surface area contributed by atoms with E-state index in [1.54, 1.807) is 12.1 Å². The highest BCUT2D eigenvalue weighted by Gasteiger charge is 2.55. The minimum Gasteiger partial charge on any atom is -0.469 e. The molecule has 1 unspecified atom stereocenters. The van der Waals surface area contributed by atoms with Crippen molar-refractivity contribution in [1.82, 2.24) is 0 Å². The summed E-state index contributed by atoms with van der Waals surface area (Å²) in [5.41, 5.74) is 1.53. The van der Waals surface area contributed by atoms with Crippen molar-refractivity contribution in [2.24, 2.45) is 11.3 Å². The highest BCUT2D eigenvalue weighted by molar-refractivity contribution is 5.94. The molecule has 3 rings (SSSR count). The van der Waals surface area contributed by atoms with Gasteiger partial charge in [0, 0.05) is 6.92 Å². The van der Waals surface area contributed by atoms with E-state index in [9.17, 15) is 14.4 Å². The lowest BCUT2D eigenvalue weighted by atomic mass is 9.49. The molecule has 3 atom stereocenters. The number of methoxy groups -OCH3 is 2. The van der Waals surface area contributed by atoms with Crippen LogP contribution in [0.15, 0.2) is 12.1 Å². The van der Waals surface area contributed by atoms with Gasteiger partial charge in [-0.05, 0) is 67.2 Å². The fourth-order valence-electron chi connectivity index (χ4n) is 5.48. The van der Waals surface area contributed by atoms with E-state index < -0.39 is 17.4 Å². The lowest BCUT2D eigenvalue weighted by molar-refractivity contribution is -0.161. The topological polar surface area (TPSA) is 78.9 Å². The van der Waals surface area contributed by atoms with Gasteiger partial charge < -0.3 is 14.2 Å². The van der Waals surface area contributed by atoms with E-state index in [1.165, 1.54) is 21.1 Å². The lowest BCUT2D eigenvalue weighted by Gasteiger charge is -2.54. The van der Waals surface area contributed by atoms with E-state index in [1.807, 2.05) is 6.92 Å². The number of carbonyl (C=O) groups excluding carboxylic acids is 3. The summed E-state index contributed by atoms with van der Waals surface area (Å²) in [7, 11) is 2.75. The summed E-state index contributed by atoms with van der Waals surface area (Å²) in [4.78, 5) is 36.5. The molecule has 1 aromatic rings. The Hall–Kier alpha value is -2.37. The number of carbonyl (C=O) groups is 3. The van der Waals surface area contributed by atoms with E-state index in [-0.39, 0.29) is 28.6 Å². The highest BCUT2D eigenvalue weighted by Crippen LogP contribution is 2.58. The van der Waals surface area contributed by atoms with Crippen LogP contribution >= 0.6 is 0 Å². The Kier molecular flexibility index (Phi) is 5.26. The molecule has 0 bridgehead atoms. The molecule has 6 nitrogen and oxygen atoms in total. The number of rotatable bonds is 3. The minimum absolute atomic E-state index is 0.114. The molecule has 0 heterocycles. The Bertz CT molecular complexity index is 829. The summed E-state index contributed by atoms with van der Waals surface area (Å²) in [6.45, 7) is 5.48. The highest BCUT2D eigenvalue weighted by atomic mass is 16.5. The Morgan fingerprint density at radius 1 is 1.07 bits per heavy atom. The second-order valence-electron chi connectivity index (χ2n) is 8.36. The van der Waals surface area contributed by atoms with Crippen molar-refractivity contribution in [1.29, 1.82) is 0 Å². The van der Waals surface area contributed by atoms with E-state index in [0.717, 1.165) is 43.2 Å². The molecule has 1 fully saturated rings. The number of benzene rings is 1. The molecule has 2 aliphatic carbocycles. The van der Waals surface area contributed by atoms with Crippen LogP contribution in [0.25, 0.3) is 0 Å². The normalized spacial score (nSPS) is 28.5. The maximum Gasteiger partial charge on any atom is 0.341 e. The monoisotopic (exact) mass is 388 g/mol. The van der Waals surface area contributed by atoms with Crippen LogP contribution in [0.2, 0.25) is 0 Å². The van der Waals surface area contributed by atoms with Gasteiger partial charge in [-0.3, -0.25) is 9.59 Å². The first-order valence-electron chi connectivity index (χ1n) is 9.70. The summed E-state index contributed by atoms with van der Waals surface area (Å²) >= 11 is 0. The van der Waals surface area contributed by atoms with Gasteiger partial charge in [0.05, 0.1) is 19.6 Å². The molecule has 1 saturated carbocycles. The molecule has 6 heteroatoms. The molecular formula is C22H28O6. The third kappa shape index (κ3) is 3.09. The maximum absolute atomic E-state index is 12.6. The van der Waals surface area contributed by atoms with Crippen molar-refractivity contribution in [2.75, 3.05) is 14.2 Å². The van der Waals surface area contributed by atoms with E-state index >= 15 is 0 Å². The standard InChI is InChI=1S/C22H28O6/c1-13(23)28-17-12-16-14(11-15(17)19(24)26-4)7-8-18-21(16,2)9-6-10-22(18,3)20(25)27-5/h11-12,18H,6-10H2,1-5H3/t18?,21-,22+/m1/s1. The zero-order chi connectivity index (χ0) is 20.7. The molecule has 2 aliphatic rings. The summed E-state index contributed by atoms with van der Waals surface area (Å²) < 4.78 is 15.4. The average Bonchev–Trinajstić information content (AvgIpc) is 2.66. The summed E-state index contributed by atoms with van der Waals surface area (Å²) in [6, 6.07) is 3.59. The fraction of sp³-hybridized carbons (Fsp3) is 0.591. The predicted octanol–water partition coefficient (Wildman–Crippen LogP) is 3.58. The van der Waals surface area contributed by atoms with Crippen LogP contribution in [0.1, 0.15) is 67.9 Å². The molecule has 0 radical (unpaired) electrons. The summed E-state index contributed by atoms with van der Waals surface area (Å²) in [5, 5.41) is 0. The van der Waals surface area contributed by atoms with Crippen LogP contribution in [0.5, 0.6) is 5.75 Å². The van der Waals surface area contributed by atoms with Crippen molar-refractivity contribution >= 4 is 17.9 Å². The molecule has 0 aromatic heterocycles. The Morgan fingerprint density at radius 2 is 1.79 bits per heavy atom. The number of hydrogen-bond donors (Lipinski definition) is 0. The molecule has 0 spiro atoms. The van der Waals surface area contributed by atoms with Gasteiger partial charge in [-0.1, -0.05) is 13.3 Å². The van der Waals surface area contributed by atoms with Crippen molar-refractivity contribution < 1.29 is 28.6 Å². The first kappa shape index (κ1) is 20.4. The minimum atomic E-state index is -0.554. The van der Waals surface area contributed by atoms with Crippen LogP contribution < -0.4 is 4.74 Å². The van der Waals surface area contributed by atoms with Crippen molar-refractivity contribution in [2.45, 2.75) is 58.3 Å². The second kappa shape index (κ2) is 7.22. The Balaban J connectivity index is 2.15. The van der Waals surface area contributed by atoms with E-state index in [4.69, 9.17) is 14.2 Å². The van der Waals surface area contributed by atoms with Gasteiger partial charge in [0.15, 0.2) is 0 Å². The van der Waals surface area contributed by atoms with Gasteiger partial charge in [0.25, 0.3) is 0 Å². The number of aryl methyl sites for hydroxylation is 1. The first-order valence-corrected chi connectivity index (χ1v) is 9.70. The van der Waals surface area contributed by atoms with Gasteiger partial charge >= 0.3 is 17.9 Å². The molecule has 28 heavy (non-hydrogen) atoms. The number of fused-ring (bicyclic) bond motifs is 3. The third-order valence-corrected chi connectivity index (χ3v) is 6.76. The zero-order valence-corrected chi connectivity index (χ0v) is 17.2. The quantitative estimate of drug-likeness (QED) is 0.582. The van der Waals surface area contributed by atoms with Crippen molar-refractivity contribution in [3.05, 3.63) is 28.8 Å². The van der Waals surface area contributed by atoms with Crippen LogP contribution in [0.4, 0.5) is 0 Å². The smallest absolute Gasteiger partial charge is 0.341 e. The van der Waals surface area contributed by atoms with Gasteiger partial charge in [-0.25, -0.2) is 4.79 Å². The van der Waals surface area contributed by atoms with E-state index in [2.05, 4.69) is 6.92 Å². The van der Waals surface area contributed by atoms with Crippen LogP contribution in [0.3, 0.4) is 0 Å². The van der Waals surface area contributed by atoms with Gasteiger partial charge in [-0.15, -0.1) is 0 Å². The molecule has 0 saturated heterocycles. The van der Waals surface area contributed by atoms with Crippen LogP contribution in [-0.4, -0.2) is 32.1 Å². The lowest BCUT2D eigenvalue weighted by Crippen LogP contribution is -2.52. The van der Waals surface area contributed by atoms with Crippen molar-refractivity contribution in [3.63, 3.8) is 0 Å². The average molecular weight is 388 g/mol. The van der Waals surface area contributed by atoms with Gasteiger partial charge in [-0.2, -0.15) is 0 Å². The van der Waals surface area contributed by atoms with Gasteiger partial charge in [0.2, 0.25) is 0 Å². The molecular weight excluding hydrogens is 360 g/mol. The number of hydrogen-bond acceptors (Lipinski definition) is 6. The maximum atomic E-state index is 12.6. The molecule has 0 aliphatic heterocycles. The SMILES string of the molecule is COC(=O)c1cc2c(cc1OC(C)=O)[C@@]1(C)CCC[C@](C)(C(=O)OC)C1CC2. The van der Waals surface area contributed by atoms with Crippen molar-refractivity contribution in [3.8, 4) is 5.75 Å². The number of esters is 3. The molecule has 0 amide bonds. The zero-order valence-electron chi connectivity index (χ0n) is 17.2. The van der Waals surface area contributed by atoms with Crippen LogP contribution in [0, 0.1) is 11.3 Å². The summed E-state index contributed by atoms with van der Waals surface area (Å²) in [5.74, 6) is -0.869. The number of ether oxygens (including phenoxy) is 3. The Labute approximate surface area is 165 Å². The molecule has 1 aromatic carbocycles. The first-order chi connectivity index (χ1) is 13.2. The second-order valence-corrected chi connectivity index (χ2v) is 8.36. The molecule has 152 valence electrons.